The van der Waals surface area contributed by atoms with Gasteiger partial charge in [0, 0.05) is 44.7 Å². The zero-order valence-electron chi connectivity index (χ0n) is 21.5. The normalized spacial score (nSPS) is 19.7. The summed E-state index contributed by atoms with van der Waals surface area (Å²) in [7, 11) is 3.55. The molecule has 0 atom stereocenters. The van der Waals surface area contributed by atoms with E-state index in [1.165, 1.54) is 0 Å². The zero-order valence-corrected chi connectivity index (χ0v) is 21.5. The maximum atomic E-state index is 12.9. The van der Waals surface area contributed by atoms with Gasteiger partial charge in [-0.1, -0.05) is 12.8 Å². The summed E-state index contributed by atoms with van der Waals surface area (Å²) >= 11 is 0. The first-order valence-corrected chi connectivity index (χ1v) is 13.3. The number of amides is 2. The van der Waals surface area contributed by atoms with Crippen molar-refractivity contribution in [2.24, 2.45) is 5.41 Å². The molecule has 1 aliphatic carbocycles. The molecular formula is C27H34N8O2. The van der Waals surface area contributed by atoms with Gasteiger partial charge in [0.25, 0.3) is 5.91 Å². The molecule has 10 nitrogen and oxygen atoms in total. The fourth-order valence-corrected chi connectivity index (χ4v) is 6.15. The third-order valence-electron chi connectivity index (χ3n) is 8.18. The fraction of sp³-hybridized carbons (Fsp3) is 0.519. The molecule has 1 saturated carbocycles. The number of aromatic nitrogens is 4. The number of hydrogen-bond donors (Lipinski definition) is 2. The number of piperidine rings is 1. The van der Waals surface area contributed by atoms with Crippen molar-refractivity contribution in [3.63, 3.8) is 0 Å². The average Bonchev–Trinajstić information content (AvgIpc) is 3.62. The maximum absolute atomic E-state index is 12.9. The monoisotopic (exact) mass is 502 g/mol. The van der Waals surface area contributed by atoms with Gasteiger partial charge in [0.05, 0.1) is 11.9 Å². The van der Waals surface area contributed by atoms with E-state index in [4.69, 9.17) is 4.98 Å². The summed E-state index contributed by atoms with van der Waals surface area (Å²) in [5.41, 5.74) is 2.33. The molecule has 0 radical (unpaired) electrons. The van der Waals surface area contributed by atoms with Gasteiger partial charge in [-0.3, -0.25) is 9.59 Å². The van der Waals surface area contributed by atoms with Crippen molar-refractivity contribution in [3.05, 3.63) is 36.3 Å². The Kier molecular flexibility index (Phi) is 6.06. The number of pyridine rings is 1. The largest absolute Gasteiger partial charge is 0.343 e. The summed E-state index contributed by atoms with van der Waals surface area (Å²) in [5, 5.41) is 7.45. The first-order valence-electron chi connectivity index (χ1n) is 13.3. The highest BCUT2D eigenvalue weighted by molar-refractivity contribution is 5.98. The molecule has 0 aromatic carbocycles. The highest BCUT2D eigenvalue weighted by Crippen LogP contribution is 2.41. The van der Waals surface area contributed by atoms with Gasteiger partial charge in [0.15, 0.2) is 0 Å². The Balaban J connectivity index is 1.24. The zero-order chi connectivity index (χ0) is 25.6. The third kappa shape index (κ3) is 4.43. The lowest BCUT2D eigenvalue weighted by Crippen LogP contribution is -2.38. The van der Waals surface area contributed by atoms with Crippen molar-refractivity contribution in [1.29, 1.82) is 0 Å². The van der Waals surface area contributed by atoms with Gasteiger partial charge in [0.2, 0.25) is 11.9 Å². The smallest absolute Gasteiger partial charge is 0.270 e. The summed E-state index contributed by atoms with van der Waals surface area (Å²) in [6, 6.07) is 5.95. The second-order valence-electron chi connectivity index (χ2n) is 10.9. The van der Waals surface area contributed by atoms with E-state index in [-0.39, 0.29) is 23.3 Å². The van der Waals surface area contributed by atoms with Crippen LogP contribution in [0.5, 0.6) is 0 Å². The molecule has 2 saturated heterocycles. The van der Waals surface area contributed by atoms with Crippen LogP contribution in [-0.2, 0) is 4.79 Å². The van der Waals surface area contributed by atoms with Crippen LogP contribution < -0.4 is 15.5 Å². The van der Waals surface area contributed by atoms with Crippen molar-refractivity contribution < 1.29 is 9.59 Å². The minimum absolute atomic E-state index is 0.0283. The van der Waals surface area contributed by atoms with Crippen LogP contribution >= 0.6 is 0 Å². The van der Waals surface area contributed by atoms with Gasteiger partial charge >= 0.3 is 0 Å². The summed E-state index contributed by atoms with van der Waals surface area (Å²) in [4.78, 5) is 43.1. The Morgan fingerprint density at radius 1 is 1.14 bits per heavy atom. The number of carbonyl (C=O) groups is 2. The maximum Gasteiger partial charge on any atom is 0.270 e. The molecule has 10 heteroatoms. The van der Waals surface area contributed by atoms with Crippen LogP contribution in [0, 0.1) is 5.41 Å². The first-order chi connectivity index (χ1) is 17.9. The number of anilines is 3. The summed E-state index contributed by atoms with van der Waals surface area (Å²) < 4.78 is 2.10. The van der Waals surface area contributed by atoms with E-state index >= 15 is 0 Å². The molecular weight excluding hydrogens is 468 g/mol. The number of fused-ring (bicyclic) bond motifs is 1. The topological polar surface area (TPSA) is 108 Å². The van der Waals surface area contributed by atoms with E-state index in [1.54, 1.807) is 31.4 Å². The highest BCUT2D eigenvalue weighted by Gasteiger charge is 2.44. The lowest BCUT2D eigenvalue weighted by Gasteiger charge is -2.33. The van der Waals surface area contributed by atoms with Gasteiger partial charge in [-0.2, -0.15) is 4.98 Å². The molecule has 37 heavy (non-hydrogen) atoms. The van der Waals surface area contributed by atoms with E-state index in [9.17, 15) is 9.59 Å². The van der Waals surface area contributed by atoms with Crippen LogP contribution in [-0.4, -0.2) is 70.0 Å². The lowest BCUT2D eigenvalue weighted by atomic mass is 9.78. The molecule has 0 unspecified atom stereocenters. The molecule has 3 fully saturated rings. The third-order valence-corrected chi connectivity index (χ3v) is 8.18. The minimum atomic E-state index is -0.0283. The van der Waals surface area contributed by atoms with Crippen LogP contribution in [0.2, 0.25) is 0 Å². The van der Waals surface area contributed by atoms with E-state index < -0.39 is 0 Å². The Hall–Kier alpha value is -3.53. The Bertz CT molecular complexity index is 1320. The van der Waals surface area contributed by atoms with Crippen molar-refractivity contribution in [2.45, 2.75) is 51.0 Å². The van der Waals surface area contributed by atoms with Crippen LogP contribution in [0.25, 0.3) is 11.0 Å². The summed E-state index contributed by atoms with van der Waals surface area (Å²) in [6.45, 7) is 2.71. The second-order valence-corrected chi connectivity index (χ2v) is 10.9. The van der Waals surface area contributed by atoms with Gasteiger partial charge < -0.3 is 25.0 Å². The standard InChI is InChI=1S/C27H34N8O2/c1-33(2)25(37)21-13-18-15-30-26(32-24(18)35(21)19-5-3-4-6-19)31-22-8-7-20(16-29-22)34-17-27(14-23(34)36)9-11-28-12-10-27/h7-8,13,15-16,19,28H,3-6,9-12,14,17H2,1-2H3,(H,29,30,31,32). The predicted octanol–water partition coefficient (Wildman–Crippen LogP) is 3.49. The molecule has 2 N–H and O–H groups in total. The molecule has 6 rings (SSSR count). The Labute approximate surface area is 216 Å². The van der Waals surface area contributed by atoms with Gasteiger partial charge in [-0.05, 0) is 62.4 Å². The fourth-order valence-electron chi connectivity index (χ4n) is 6.15. The number of rotatable bonds is 5. The predicted molar refractivity (Wildman–Crippen MR) is 142 cm³/mol. The van der Waals surface area contributed by atoms with Crippen molar-refractivity contribution in [3.8, 4) is 0 Å². The van der Waals surface area contributed by atoms with Crippen LogP contribution in [0.3, 0.4) is 0 Å². The molecule has 3 aromatic rings. The molecule has 5 heterocycles. The summed E-state index contributed by atoms with van der Waals surface area (Å²) in [5.74, 6) is 1.18. The molecule has 0 bridgehead atoms. The molecule has 3 aromatic heterocycles. The highest BCUT2D eigenvalue weighted by atomic mass is 16.2. The van der Waals surface area contributed by atoms with Crippen LogP contribution in [0.15, 0.2) is 30.6 Å². The molecule has 3 aliphatic rings. The van der Waals surface area contributed by atoms with Crippen molar-refractivity contribution in [1.82, 2.24) is 29.7 Å². The van der Waals surface area contributed by atoms with Crippen LogP contribution in [0.1, 0.15) is 61.5 Å². The van der Waals surface area contributed by atoms with Crippen molar-refractivity contribution in [2.75, 3.05) is 43.9 Å². The number of carbonyl (C=O) groups excluding carboxylic acids is 2. The lowest BCUT2D eigenvalue weighted by molar-refractivity contribution is -0.117. The SMILES string of the molecule is CN(C)C(=O)c1cc2cnc(Nc3ccc(N4CC5(CCNCC5)CC4=O)cn3)nc2n1C1CCCC1. The van der Waals surface area contributed by atoms with E-state index in [1.807, 2.05) is 23.1 Å². The second kappa shape index (κ2) is 9.41. The summed E-state index contributed by atoms with van der Waals surface area (Å²) in [6.07, 6.45) is 10.6. The van der Waals surface area contributed by atoms with Gasteiger partial charge in [-0.25, -0.2) is 9.97 Å². The molecule has 2 amide bonds. The number of hydrogen-bond acceptors (Lipinski definition) is 7. The molecule has 194 valence electrons. The van der Waals surface area contributed by atoms with E-state index in [0.29, 0.717) is 23.9 Å². The minimum Gasteiger partial charge on any atom is -0.343 e. The van der Waals surface area contributed by atoms with Gasteiger partial charge in [0.1, 0.15) is 17.2 Å². The molecule has 1 spiro atoms. The van der Waals surface area contributed by atoms with Crippen molar-refractivity contribution >= 4 is 40.3 Å². The van der Waals surface area contributed by atoms with Gasteiger partial charge in [-0.15, -0.1) is 0 Å². The average molecular weight is 503 g/mol. The number of nitrogens with zero attached hydrogens (tertiary/aromatic N) is 6. The molecule has 2 aliphatic heterocycles. The Morgan fingerprint density at radius 2 is 1.92 bits per heavy atom. The van der Waals surface area contributed by atoms with E-state index in [0.717, 1.165) is 74.9 Å². The number of nitrogens with one attached hydrogen (secondary N) is 2. The van der Waals surface area contributed by atoms with Crippen LogP contribution in [0.4, 0.5) is 17.5 Å². The Morgan fingerprint density at radius 3 is 2.62 bits per heavy atom. The van der Waals surface area contributed by atoms with E-state index in [2.05, 4.69) is 25.2 Å². The first kappa shape index (κ1) is 23.8. The quantitative estimate of drug-likeness (QED) is 0.550.